The molecule has 0 amide bonds. The van der Waals surface area contributed by atoms with Gasteiger partial charge in [0.25, 0.3) is 0 Å². The highest BCUT2D eigenvalue weighted by atomic mass is 79.9. The summed E-state index contributed by atoms with van der Waals surface area (Å²) >= 11 is 3.36. The van der Waals surface area contributed by atoms with Crippen molar-refractivity contribution in [1.82, 2.24) is 4.57 Å². The van der Waals surface area contributed by atoms with E-state index >= 15 is 0 Å². The number of hydrogen-bond acceptors (Lipinski definition) is 2. The van der Waals surface area contributed by atoms with E-state index in [0.29, 0.717) is 15.7 Å². The van der Waals surface area contributed by atoms with Gasteiger partial charge in [-0.25, -0.2) is 0 Å². The van der Waals surface area contributed by atoms with E-state index in [4.69, 9.17) is 0 Å². The van der Waals surface area contributed by atoms with E-state index in [1.807, 2.05) is 23.6 Å². The maximum Gasteiger partial charge on any atom is 0.199 e. The Kier molecular flexibility index (Phi) is 4.16. The number of aliphatic hydroxyl groups excluding tert-OH is 1. The summed E-state index contributed by atoms with van der Waals surface area (Å²) in [5, 5.41) is 9.65. The van der Waals surface area contributed by atoms with Crippen molar-refractivity contribution in [2.45, 2.75) is 34.3 Å². The van der Waals surface area contributed by atoms with Crippen LogP contribution in [0.2, 0.25) is 0 Å². The molecular formula is C16H18BrNO2. The Balaban J connectivity index is 2.85. The van der Waals surface area contributed by atoms with Crippen molar-refractivity contribution in [3.05, 3.63) is 61.0 Å². The molecule has 0 bridgehead atoms. The SMILES string of the molecule is Cc1ccc(-n2c(C)c(Br)c(=O)c(C)c2CO)cc1C. The number of aromatic nitrogens is 1. The van der Waals surface area contributed by atoms with Gasteiger partial charge in [0.2, 0.25) is 0 Å². The first-order valence-electron chi connectivity index (χ1n) is 6.47. The first-order valence-corrected chi connectivity index (χ1v) is 7.26. The molecule has 0 fully saturated rings. The zero-order valence-corrected chi connectivity index (χ0v) is 13.7. The molecule has 1 aromatic heterocycles. The lowest BCUT2D eigenvalue weighted by atomic mass is 10.1. The van der Waals surface area contributed by atoms with Crippen LogP contribution in [0.5, 0.6) is 0 Å². The van der Waals surface area contributed by atoms with Crippen molar-refractivity contribution < 1.29 is 5.11 Å². The maximum atomic E-state index is 12.1. The number of pyridine rings is 1. The van der Waals surface area contributed by atoms with Crippen LogP contribution in [-0.2, 0) is 6.61 Å². The quantitative estimate of drug-likeness (QED) is 0.914. The predicted molar refractivity (Wildman–Crippen MR) is 84.6 cm³/mol. The standard InChI is InChI=1S/C16H18BrNO2/c1-9-5-6-13(7-10(9)2)18-12(4)15(17)16(20)11(3)14(18)8-19/h5-7,19H,8H2,1-4H3. The van der Waals surface area contributed by atoms with Gasteiger partial charge in [0, 0.05) is 16.9 Å². The van der Waals surface area contributed by atoms with Crippen LogP contribution in [0.3, 0.4) is 0 Å². The zero-order valence-electron chi connectivity index (χ0n) is 12.1. The van der Waals surface area contributed by atoms with E-state index in [1.54, 1.807) is 6.92 Å². The number of aryl methyl sites for hydroxylation is 2. The second-order valence-corrected chi connectivity index (χ2v) is 5.86. The largest absolute Gasteiger partial charge is 0.390 e. The summed E-state index contributed by atoms with van der Waals surface area (Å²) in [7, 11) is 0. The van der Waals surface area contributed by atoms with Gasteiger partial charge in [-0.2, -0.15) is 0 Å². The molecule has 1 aromatic carbocycles. The van der Waals surface area contributed by atoms with Crippen LogP contribution in [0.25, 0.3) is 5.69 Å². The van der Waals surface area contributed by atoms with E-state index in [-0.39, 0.29) is 12.0 Å². The summed E-state index contributed by atoms with van der Waals surface area (Å²) in [5.41, 5.74) is 5.30. The lowest BCUT2D eigenvalue weighted by molar-refractivity contribution is 0.272. The van der Waals surface area contributed by atoms with Gasteiger partial charge in [0.1, 0.15) is 0 Å². The summed E-state index contributed by atoms with van der Waals surface area (Å²) in [4.78, 5) is 12.1. The minimum atomic E-state index is -0.165. The molecule has 0 saturated carbocycles. The Hall–Kier alpha value is -1.39. The zero-order chi connectivity index (χ0) is 15.0. The Morgan fingerprint density at radius 2 is 1.80 bits per heavy atom. The Bertz CT molecular complexity index is 732. The first kappa shape index (κ1) is 15.0. The fraction of sp³-hybridized carbons (Fsp3) is 0.312. The molecule has 1 heterocycles. The molecule has 2 rings (SSSR count). The molecule has 1 N–H and O–H groups in total. The van der Waals surface area contributed by atoms with Gasteiger partial charge in [-0.1, -0.05) is 6.07 Å². The normalized spacial score (nSPS) is 10.9. The summed E-state index contributed by atoms with van der Waals surface area (Å²) in [5.74, 6) is 0. The minimum Gasteiger partial charge on any atom is -0.390 e. The predicted octanol–water partition coefficient (Wildman–Crippen LogP) is 3.33. The number of aliphatic hydroxyl groups is 1. The molecule has 0 atom stereocenters. The molecule has 2 aromatic rings. The van der Waals surface area contributed by atoms with Crippen molar-refractivity contribution in [3.63, 3.8) is 0 Å². The van der Waals surface area contributed by atoms with Crippen LogP contribution in [-0.4, -0.2) is 9.67 Å². The summed E-state index contributed by atoms with van der Waals surface area (Å²) in [6.45, 7) is 7.57. The number of rotatable bonds is 2. The molecule has 0 aliphatic heterocycles. The average molecular weight is 336 g/mol. The average Bonchev–Trinajstić information content (AvgIpc) is 2.43. The third-order valence-electron chi connectivity index (χ3n) is 3.79. The number of benzene rings is 1. The number of hydrogen-bond donors (Lipinski definition) is 1. The second kappa shape index (κ2) is 5.54. The van der Waals surface area contributed by atoms with Crippen LogP contribution >= 0.6 is 15.9 Å². The van der Waals surface area contributed by atoms with Crippen LogP contribution in [0.15, 0.2) is 27.5 Å². The van der Waals surface area contributed by atoms with Gasteiger partial charge in [-0.3, -0.25) is 4.79 Å². The molecule has 0 unspecified atom stereocenters. The third kappa shape index (κ3) is 2.34. The molecule has 0 aliphatic rings. The second-order valence-electron chi connectivity index (χ2n) is 5.06. The number of nitrogens with zero attached hydrogens (tertiary/aromatic N) is 1. The highest BCUT2D eigenvalue weighted by molar-refractivity contribution is 9.10. The maximum absolute atomic E-state index is 12.1. The molecule has 0 radical (unpaired) electrons. The van der Waals surface area contributed by atoms with Gasteiger partial charge in [0.05, 0.1) is 16.8 Å². The Morgan fingerprint density at radius 3 is 2.35 bits per heavy atom. The van der Waals surface area contributed by atoms with Crippen molar-refractivity contribution in [2.24, 2.45) is 0 Å². The van der Waals surface area contributed by atoms with Gasteiger partial charge < -0.3 is 9.67 Å². The summed E-state index contributed by atoms with van der Waals surface area (Å²) in [6.07, 6.45) is 0. The molecule has 20 heavy (non-hydrogen) atoms. The first-order chi connectivity index (χ1) is 9.38. The van der Waals surface area contributed by atoms with Gasteiger partial charge in [0.15, 0.2) is 5.43 Å². The van der Waals surface area contributed by atoms with Crippen LogP contribution in [0.1, 0.15) is 28.1 Å². The smallest absolute Gasteiger partial charge is 0.199 e. The van der Waals surface area contributed by atoms with E-state index < -0.39 is 0 Å². The molecule has 0 saturated heterocycles. The summed E-state index contributed by atoms with van der Waals surface area (Å²) < 4.78 is 2.48. The third-order valence-corrected chi connectivity index (χ3v) is 4.73. The van der Waals surface area contributed by atoms with Crippen molar-refractivity contribution in [1.29, 1.82) is 0 Å². The van der Waals surface area contributed by atoms with Crippen LogP contribution in [0.4, 0.5) is 0 Å². The van der Waals surface area contributed by atoms with E-state index in [0.717, 1.165) is 11.4 Å². The van der Waals surface area contributed by atoms with Gasteiger partial charge in [-0.15, -0.1) is 0 Å². The molecule has 3 nitrogen and oxygen atoms in total. The Morgan fingerprint density at radius 1 is 1.15 bits per heavy atom. The van der Waals surface area contributed by atoms with Crippen LogP contribution < -0.4 is 5.43 Å². The van der Waals surface area contributed by atoms with Crippen molar-refractivity contribution in [3.8, 4) is 5.69 Å². The fourth-order valence-corrected chi connectivity index (χ4v) is 2.81. The van der Waals surface area contributed by atoms with E-state index in [2.05, 4.69) is 35.8 Å². The molecule has 4 heteroatoms. The molecule has 106 valence electrons. The lowest BCUT2D eigenvalue weighted by Crippen LogP contribution is -2.20. The lowest BCUT2D eigenvalue weighted by Gasteiger charge is -2.20. The van der Waals surface area contributed by atoms with Gasteiger partial charge in [-0.05, 0) is 66.9 Å². The van der Waals surface area contributed by atoms with Gasteiger partial charge >= 0.3 is 0 Å². The van der Waals surface area contributed by atoms with E-state index in [9.17, 15) is 9.90 Å². The molecular weight excluding hydrogens is 318 g/mol. The highest BCUT2D eigenvalue weighted by Gasteiger charge is 2.16. The number of halogens is 1. The highest BCUT2D eigenvalue weighted by Crippen LogP contribution is 2.23. The van der Waals surface area contributed by atoms with E-state index in [1.165, 1.54) is 11.1 Å². The minimum absolute atomic E-state index is 0.0633. The molecule has 0 spiro atoms. The van der Waals surface area contributed by atoms with Crippen molar-refractivity contribution >= 4 is 15.9 Å². The fourth-order valence-electron chi connectivity index (χ4n) is 2.33. The molecule has 0 aliphatic carbocycles. The Labute approximate surface area is 127 Å². The summed E-state index contributed by atoms with van der Waals surface area (Å²) in [6, 6.07) is 6.12. The van der Waals surface area contributed by atoms with Crippen molar-refractivity contribution in [2.75, 3.05) is 0 Å². The monoisotopic (exact) mass is 335 g/mol. The topological polar surface area (TPSA) is 42.2 Å². The van der Waals surface area contributed by atoms with Crippen LogP contribution in [0, 0.1) is 27.7 Å².